The molecule has 3 fully saturated rings. The number of rotatable bonds is 3. The van der Waals surface area contributed by atoms with Crippen molar-refractivity contribution in [2.24, 2.45) is 34.5 Å². The van der Waals surface area contributed by atoms with Crippen LogP contribution in [0, 0.1) is 34.5 Å². The summed E-state index contributed by atoms with van der Waals surface area (Å²) < 4.78 is 39.7. The summed E-state index contributed by atoms with van der Waals surface area (Å²) in [7, 11) is 0. The van der Waals surface area contributed by atoms with Crippen LogP contribution in [0.5, 0.6) is 0 Å². The van der Waals surface area contributed by atoms with E-state index in [-0.39, 0.29) is 23.7 Å². The van der Waals surface area contributed by atoms with Crippen molar-refractivity contribution in [3.05, 3.63) is 11.6 Å². The van der Waals surface area contributed by atoms with Gasteiger partial charge in [-0.2, -0.15) is 13.2 Å². The Kier molecular flexibility index (Phi) is 6.19. The summed E-state index contributed by atoms with van der Waals surface area (Å²) in [6.07, 6.45) is 3.49. The molecule has 33 heavy (non-hydrogen) atoms. The summed E-state index contributed by atoms with van der Waals surface area (Å²) in [5.41, 5.74) is 0.863. The lowest BCUT2D eigenvalue weighted by Gasteiger charge is -2.58. The van der Waals surface area contributed by atoms with Crippen LogP contribution in [0.2, 0.25) is 0 Å². The number of fused-ring (bicyclic) bond motifs is 5. The Morgan fingerprint density at radius 2 is 1.82 bits per heavy atom. The molecule has 4 aliphatic carbocycles. The summed E-state index contributed by atoms with van der Waals surface area (Å²) in [5, 5.41) is 2.37. The average molecular weight is 469 g/mol. The molecule has 3 amide bonds. The van der Waals surface area contributed by atoms with E-state index in [4.69, 9.17) is 0 Å². The number of halogens is 3. The Balaban J connectivity index is 1.58. The van der Waals surface area contributed by atoms with Gasteiger partial charge in [0.1, 0.15) is 6.54 Å². The maximum absolute atomic E-state index is 13.4. The van der Waals surface area contributed by atoms with Crippen molar-refractivity contribution < 1.29 is 27.6 Å². The zero-order chi connectivity index (χ0) is 24.2. The SMILES string of the molecule is CCNC(=O)N(CC(F)(F)F)C(=O)C1CC[C@H]2[C@@H]3CCC4=CC(=O)CC[C@]4(C)[C@@H]3CC[C@]12C. The number of nitrogens with one attached hydrogen (secondary N) is 1. The van der Waals surface area contributed by atoms with E-state index in [0.29, 0.717) is 29.6 Å². The Labute approximate surface area is 193 Å². The highest BCUT2D eigenvalue weighted by atomic mass is 19.4. The Bertz CT molecular complexity index is 869. The molecule has 0 saturated heterocycles. The summed E-state index contributed by atoms with van der Waals surface area (Å²) in [5.74, 6) is 0.0368. The number of carbonyl (C=O) groups is 3. The van der Waals surface area contributed by atoms with E-state index < -0.39 is 36.0 Å². The van der Waals surface area contributed by atoms with Crippen molar-refractivity contribution >= 4 is 17.7 Å². The molecule has 6 atom stereocenters. The molecule has 0 heterocycles. The predicted molar refractivity (Wildman–Crippen MR) is 117 cm³/mol. The van der Waals surface area contributed by atoms with Crippen molar-refractivity contribution in [1.82, 2.24) is 10.2 Å². The second-order valence-electron chi connectivity index (χ2n) is 11.0. The van der Waals surface area contributed by atoms with Gasteiger partial charge in [-0.15, -0.1) is 0 Å². The second kappa shape index (κ2) is 8.42. The number of imide groups is 1. The minimum absolute atomic E-state index is 0.00356. The number of hydrogen-bond acceptors (Lipinski definition) is 3. The predicted octanol–water partition coefficient (Wildman–Crippen LogP) is 5.25. The number of alkyl halides is 3. The smallest absolute Gasteiger partial charge is 0.338 e. The van der Waals surface area contributed by atoms with Crippen LogP contribution < -0.4 is 5.32 Å². The van der Waals surface area contributed by atoms with Gasteiger partial charge < -0.3 is 5.32 Å². The van der Waals surface area contributed by atoms with Gasteiger partial charge in [0.15, 0.2) is 5.78 Å². The average Bonchev–Trinajstić information content (AvgIpc) is 3.09. The molecule has 0 aliphatic heterocycles. The first kappa shape index (κ1) is 24.3. The molecule has 4 rings (SSSR count). The van der Waals surface area contributed by atoms with Gasteiger partial charge in [-0.1, -0.05) is 19.4 Å². The Hall–Kier alpha value is -1.86. The standard InChI is InChI=1S/C25H35F3N2O3/c1-4-29-22(33)30(14-25(26,27)28)21(32)20-8-7-18-17-6-5-15-13-16(31)9-11-23(15,2)19(17)10-12-24(18,20)3/h13,17-20H,4-12,14H2,1-3H3,(H,29,33)/t17-,18-,19+,20?,23-,24-/m0/s1. The number of carbonyl (C=O) groups excluding carboxylic acids is 3. The van der Waals surface area contributed by atoms with Crippen LogP contribution in [0.3, 0.4) is 0 Å². The number of nitrogens with zero attached hydrogens (tertiary/aromatic N) is 1. The number of amides is 3. The van der Waals surface area contributed by atoms with Gasteiger partial charge in [-0.3, -0.25) is 14.5 Å². The van der Waals surface area contributed by atoms with E-state index in [1.54, 1.807) is 6.92 Å². The molecule has 0 aromatic carbocycles. The largest absolute Gasteiger partial charge is 0.406 e. The van der Waals surface area contributed by atoms with Gasteiger partial charge in [-0.25, -0.2) is 4.79 Å². The number of allylic oxidation sites excluding steroid dienone is 1. The van der Waals surface area contributed by atoms with Crippen molar-refractivity contribution in [2.75, 3.05) is 13.1 Å². The van der Waals surface area contributed by atoms with E-state index in [9.17, 15) is 27.6 Å². The quantitative estimate of drug-likeness (QED) is 0.615. The van der Waals surface area contributed by atoms with E-state index in [1.807, 2.05) is 6.08 Å². The third-order valence-electron chi connectivity index (χ3n) is 9.44. The second-order valence-corrected chi connectivity index (χ2v) is 11.0. The number of ketones is 1. The van der Waals surface area contributed by atoms with Crippen LogP contribution >= 0.6 is 0 Å². The molecule has 1 N–H and O–H groups in total. The lowest BCUT2D eigenvalue weighted by atomic mass is 9.47. The van der Waals surface area contributed by atoms with E-state index in [0.717, 1.165) is 38.5 Å². The monoisotopic (exact) mass is 468 g/mol. The van der Waals surface area contributed by atoms with Crippen molar-refractivity contribution in [2.45, 2.75) is 78.3 Å². The van der Waals surface area contributed by atoms with Gasteiger partial charge in [0, 0.05) is 18.9 Å². The first-order chi connectivity index (χ1) is 15.4. The van der Waals surface area contributed by atoms with E-state index >= 15 is 0 Å². The third-order valence-corrected chi connectivity index (χ3v) is 9.44. The Morgan fingerprint density at radius 1 is 1.09 bits per heavy atom. The van der Waals surface area contributed by atoms with Crippen LogP contribution in [0.4, 0.5) is 18.0 Å². The zero-order valence-corrected chi connectivity index (χ0v) is 19.8. The maximum atomic E-state index is 13.4. The molecule has 0 spiro atoms. The van der Waals surface area contributed by atoms with Crippen molar-refractivity contribution in [3.63, 3.8) is 0 Å². The lowest BCUT2D eigenvalue weighted by molar-refractivity contribution is -0.161. The molecule has 4 aliphatic rings. The molecule has 1 unspecified atom stereocenters. The molecule has 0 aromatic rings. The fraction of sp³-hybridized carbons (Fsp3) is 0.800. The molecule has 8 heteroatoms. The normalized spacial score (nSPS) is 38.0. The summed E-state index contributed by atoms with van der Waals surface area (Å²) in [4.78, 5) is 38.2. The summed E-state index contributed by atoms with van der Waals surface area (Å²) in [6.45, 7) is 4.56. The third kappa shape index (κ3) is 4.12. The van der Waals surface area contributed by atoms with E-state index in [1.165, 1.54) is 5.57 Å². The molecule has 184 valence electrons. The van der Waals surface area contributed by atoms with Crippen LogP contribution in [0.15, 0.2) is 11.6 Å². The highest BCUT2D eigenvalue weighted by molar-refractivity contribution is 5.96. The van der Waals surface area contributed by atoms with E-state index in [2.05, 4.69) is 19.2 Å². The molecule has 3 saturated carbocycles. The van der Waals surface area contributed by atoms with Gasteiger partial charge in [0.25, 0.3) is 0 Å². The molecular weight excluding hydrogens is 433 g/mol. The van der Waals surface area contributed by atoms with Gasteiger partial charge in [-0.05, 0) is 86.5 Å². The van der Waals surface area contributed by atoms with Crippen molar-refractivity contribution in [1.29, 1.82) is 0 Å². The van der Waals surface area contributed by atoms with Gasteiger partial charge >= 0.3 is 12.2 Å². The minimum Gasteiger partial charge on any atom is -0.338 e. The minimum atomic E-state index is -4.64. The van der Waals surface area contributed by atoms with Gasteiger partial charge in [0.2, 0.25) is 5.91 Å². The van der Waals surface area contributed by atoms with Crippen LogP contribution in [-0.4, -0.2) is 41.9 Å². The van der Waals surface area contributed by atoms with Crippen LogP contribution in [0.1, 0.15) is 72.1 Å². The Morgan fingerprint density at radius 3 is 2.48 bits per heavy atom. The first-order valence-corrected chi connectivity index (χ1v) is 12.3. The molecular formula is C25H35F3N2O3. The fourth-order valence-corrected chi connectivity index (χ4v) is 7.83. The maximum Gasteiger partial charge on any atom is 0.406 e. The molecule has 0 bridgehead atoms. The fourth-order valence-electron chi connectivity index (χ4n) is 7.83. The van der Waals surface area contributed by atoms with Gasteiger partial charge in [0.05, 0.1) is 0 Å². The molecule has 0 aromatic heterocycles. The highest BCUT2D eigenvalue weighted by Crippen LogP contribution is 2.66. The summed E-state index contributed by atoms with van der Waals surface area (Å²) >= 11 is 0. The van der Waals surface area contributed by atoms with Crippen LogP contribution in [0.25, 0.3) is 0 Å². The zero-order valence-electron chi connectivity index (χ0n) is 19.8. The summed E-state index contributed by atoms with van der Waals surface area (Å²) in [6, 6.07) is -0.965. The van der Waals surface area contributed by atoms with Crippen LogP contribution in [-0.2, 0) is 9.59 Å². The van der Waals surface area contributed by atoms with Crippen molar-refractivity contribution in [3.8, 4) is 0 Å². The lowest BCUT2D eigenvalue weighted by Crippen LogP contribution is -2.55. The molecule has 0 radical (unpaired) electrons. The topological polar surface area (TPSA) is 66.5 Å². The number of urea groups is 1. The first-order valence-electron chi connectivity index (χ1n) is 12.3. The molecule has 5 nitrogen and oxygen atoms in total. The number of hydrogen-bond donors (Lipinski definition) is 1. The highest BCUT2D eigenvalue weighted by Gasteiger charge is 2.61.